The van der Waals surface area contributed by atoms with Crippen LogP contribution in [0.1, 0.15) is 19.4 Å². The number of para-hydroxylation sites is 1. The van der Waals surface area contributed by atoms with E-state index in [1.807, 2.05) is 19.9 Å². The molecule has 9 heteroatoms. The van der Waals surface area contributed by atoms with Gasteiger partial charge in [0.1, 0.15) is 18.0 Å². The van der Waals surface area contributed by atoms with E-state index in [2.05, 4.69) is 21.2 Å². The SMILES string of the molecule is CCOc1ccc(/C=C2/SC(=O)N(CC(=O)Nc3ccccc3Br)C2=O)c(OCC)c1. The average molecular weight is 505 g/mol. The molecule has 1 aliphatic rings. The van der Waals surface area contributed by atoms with Crippen LogP contribution in [-0.2, 0) is 9.59 Å². The first-order chi connectivity index (χ1) is 14.9. The van der Waals surface area contributed by atoms with Gasteiger partial charge in [-0.2, -0.15) is 0 Å². The molecule has 162 valence electrons. The summed E-state index contributed by atoms with van der Waals surface area (Å²) in [6, 6.07) is 12.4. The lowest BCUT2D eigenvalue weighted by atomic mass is 10.1. The van der Waals surface area contributed by atoms with Crippen LogP contribution in [0.25, 0.3) is 6.08 Å². The van der Waals surface area contributed by atoms with Crippen molar-refractivity contribution in [3.8, 4) is 11.5 Å². The topological polar surface area (TPSA) is 84.9 Å². The van der Waals surface area contributed by atoms with Gasteiger partial charge in [-0.1, -0.05) is 12.1 Å². The predicted octanol–water partition coefficient (Wildman–Crippen LogP) is 4.92. The number of anilines is 1. The number of carbonyl (C=O) groups excluding carboxylic acids is 3. The molecule has 2 aromatic carbocycles. The number of imide groups is 1. The molecule has 0 unspecified atom stereocenters. The Morgan fingerprint density at radius 2 is 1.87 bits per heavy atom. The van der Waals surface area contributed by atoms with Crippen molar-refractivity contribution in [2.75, 3.05) is 25.1 Å². The van der Waals surface area contributed by atoms with E-state index in [4.69, 9.17) is 9.47 Å². The van der Waals surface area contributed by atoms with Gasteiger partial charge in [0.2, 0.25) is 5.91 Å². The highest BCUT2D eigenvalue weighted by Gasteiger charge is 2.36. The Labute approximate surface area is 192 Å². The molecule has 1 fully saturated rings. The molecule has 2 aromatic rings. The van der Waals surface area contributed by atoms with Crippen molar-refractivity contribution in [2.45, 2.75) is 13.8 Å². The fraction of sp³-hybridized carbons (Fsp3) is 0.227. The zero-order valence-corrected chi connectivity index (χ0v) is 19.4. The van der Waals surface area contributed by atoms with Gasteiger partial charge in [0.15, 0.2) is 0 Å². The lowest BCUT2D eigenvalue weighted by Gasteiger charge is -2.13. The van der Waals surface area contributed by atoms with Crippen molar-refractivity contribution in [2.24, 2.45) is 0 Å². The molecule has 7 nitrogen and oxygen atoms in total. The summed E-state index contributed by atoms with van der Waals surface area (Å²) in [5.74, 6) is 0.215. The second-order valence-corrected chi connectivity index (χ2v) is 8.21. The molecule has 1 saturated heterocycles. The van der Waals surface area contributed by atoms with E-state index < -0.39 is 17.1 Å². The van der Waals surface area contributed by atoms with Crippen LogP contribution in [0, 0.1) is 0 Å². The maximum absolute atomic E-state index is 12.8. The summed E-state index contributed by atoms with van der Waals surface area (Å²) in [6.07, 6.45) is 1.59. The van der Waals surface area contributed by atoms with Crippen LogP contribution in [-0.4, -0.2) is 41.7 Å². The third-order valence-corrected chi connectivity index (χ3v) is 5.80. The minimum absolute atomic E-state index is 0.226. The fourth-order valence-electron chi connectivity index (χ4n) is 2.84. The second kappa shape index (κ2) is 10.5. The van der Waals surface area contributed by atoms with E-state index in [1.165, 1.54) is 0 Å². The van der Waals surface area contributed by atoms with Gasteiger partial charge < -0.3 is 14.8 Å². The van der Waals surface area contributed by atoms with Gasteiger partial charge in [0.05, 0.1) is 23.8 Å². The Bertz CT molecular complexity index is 1040. The number of rotatable bonds is 8. The minimum Gasteiger partial charge on any atom is -0.494 e. The summed E-state index contributed by atoms with van der Waals surface area (Å²) >= 11 is 4.14. The number of carbonyl (C=O) groups is 3. The molecular formula is C22H21BrN2O5S. The van der Waals surface area contributed by atoms with E-state index in [-0.39, 0.29) is 11.4 Å². The third-order valence-electron chi connectivity index (χ3n) is 4.21. The number of hydrogen-bond acceptors (Lipinski definition) is 6. The summed E-state index contributed by atoms with van der Waals surface area (Å²) in [7, 11) is 0. The smallest absolute Gasteiger partial charge is 0.294 e. The molecule has 0 aliphatic carbocycles. The highest BCUT2D eigenvalue weighted by atomic mass is 79.9. The number of benzene rings is 2. The molecular weight excluding hydrogens is 484 g/mol. The monoisotopic (exact) mass is 504 g/mol. The van der Waals surface area contributed by atoms with Crippen molar-refractivity contribution < 1.29 is 23.9 Å². The quantitative estimate of drug-likeness (QED) is 0.513. The number of nitrogens with zero attached hydrogens (tertiary/aromatic N) is 1. The molecule has 0 spiro atoms. The Morgan fingerprint density at radius 3 is 2.58 bits per heavy atom. The maximum Gasteiger partial charge on any atom is 0.294 e. The lowest BCUT2D eigenvalue weighted by molar-refractivity contribution is -0.127. The van der Waals surface area contributed by atoms with Gasteiger partial charge in [-0.05, 0) is 71.9 Å². The molecule has 0 bridgehead atoms. The van der Waals surface area contributed by atoms with Crippen molar-refractivity contribution >= 4 is 56.5 Å². The zero-order valence-electron chi connectivity index (χ0n) is 17.0. The molecule has 3 rings (SSSR count). The van der Waals surface area contributed by atoms with Crippen molar-refractivity contribution in [3.63, 3.8) is 0 Å². The molecule has 0 saturated carbocycles. The number of thioether (sulfide) groups is 1. The van der Waals surface area contributed by atoms with Crippen LogP contribution in [0.3, 0.4) is 0 Å². The van der Waals surface area contributed by atoms with Crippen LogP contribution in [0.15, 0.2) is 51.8 Å². The van der Waals surface area contributed by atoms with Crippen LogP contribution < -0.4 is 14.8 Å². The van der Waals surface area contributed by atoms with Gasteiger partial charge in [0, 0.05) is 16.1 Å². The summed E-state index contributed by atoms with van der Waals surface area (Å²) in [5.41, 5.74) is 1.21. The largest absolute Gasteiger partial charge is 0.494 e. The van der Waals surface area contributed by atoms with Crippen molar-refractivity contribution in [1.29, 1.82) is 0 Å². The Kier molecular flexibility index (Phi) is 7.75. The Morgan fingerprint density at radius 1 is 1.13 bits per heavy atom. The molecule has 1 heterocycles. The predicted molar refractivity (Wildman–Crippen MR) is 124 cm³/mol. The average Bonchev–Trinajstić information content (AvgIpc) is 2.99. The normalized spacial score (nSPS) is 14.8. The lowest BCUT2D eigenvalue weighted by Crippen LogP contribution is -2.36. The molecule has 1 N–H and O–H groups in total. The summed E-state index contributed by atoms with van der Waals surface area (Å²) in [4.78, 5) is 38.7. The number of amides is 3. The van der Waals surface area contributed by atoms with Gasteiger partial charge in [0.25, 0.3) is 11.1 Å². The van der Waals surface area contributed by atoms with Gasteiger partial charge in [-0.3, -0.25) is 19.3 Å². The van der Waals surface area contributed by atoms with E-state index in [0.717, 1.165) is 16.7 Å². The number of nitrogens with one attached hydrogen (secondary N) is 1. The number of ether oxygens (including phenoxy) is 2. The summed E-state index contributed by atoms with van der Waals surface area (Å²) < 4.78 is 11.8. The van der Waals surface area contributed by atoms with Gasteiger partial charge >= 0.3 is 0 Å². The third kappa shape index (κ3) is 5.68. The minimum atomic E-state index is -0.520. The van der Waals surface area contributed by atoms with Crippen LogP contribution in [0.5, 0.6) is 11.5 Å². The van der Waals surface area contributed by atoms with Crippen molar-refractivity contribution in [1.82, 2.24) is 4.90 Å². The Hall–Kier alpha value is -2.78. The summed E-state index contributed by atoms with van der Waals surface area (Å²) in [6.45, 7) is 4.33. The first kappa shape index (κ1) is 22.9. The molecule has 0 aromatic heterocycles. The maximum atomic E-state index is 12.8. The van der Waals surface area contributed by atoms with E-state index in [9.17, 15) is 14.4 Å². The standard InChI is InChI=1S/C22H21BrN2O5S/c1-3-29-15-10-9-14(18(12-15)30-4-2)11-19-21(27)25(22(28)31-19)13-20(26)24-17-8-6-5-7-16(17)23/h5-12H,3-4,13H2,1-2H3,(H,24,26)/b19-11+. The molecule has 0 radical (unpaired) electrons. The summed E-state index contributed by atoms with van der Waals surface area (Å²) in [5, 5.41) is 2.19. The first-order valence-electron chi connectivity index (χ1n) is 9.62. The van der Waals surface area contributed by atoms with E-state index in [1.54, 1.807) is 42.5 Å². The highest BCUT2D eigenvalue weighted by molar-refractivity contribution is 9.10. The molecule has 0 atom stereocenters. The molecule has 1 aliphatic heterocycles. The number of hydrogen-bond donors (Lipinski definition) is 1. The molecule has 31 heavy (non-hydrogen) atoms. The fourth-order valence-corrected chi connectivity index (χ4v) is 4.06. The molecule has 3 amide bonds. The Balaban J connectivity index is 1.76. The highest BCUT2D eigenvalue weighted by Crippen LogP contribution is 2.35. The second-order valence-electron chi connectivity index (χ2n) is 6.36. The van der Waals surface area contributed by atoms with Gasteiger partial charge in [-0.25, -0.2) is 0 Å². The first-order valence-corrected chi connectivity index (χ1v) is 11.2. The van der Waals surface area contributed by atoms with Crippen LogP contribution in [0.4, 0.5) is 10.5 Å². The van der Waals surface area contributed by atoms with Crippen LogP contribution in [0.2, 0.25) is 0 Å². The number of halogens is 1. The van der Waals surface area contributed by atoms with Crippen LogP contribution >= 0.6 is 27.7 Å². The zero-order chi connectivity index (χ0) is 22.4. The van der Waals surface area contributed by atoms with E-state index >= 15 is 0 Å². The van der Waals surface area contributed by atoms with Crippen molar-refractivity contribution in [3.05, 3.63) is 57.4 Å². The van der Waals surface area contributed by atoms with E-state index in [0.29, 0.717) is 40.4 Å². The van der Waals surface area contributed by atoms with Gasteiger partial charge in [-0.15, -0.1) is 0 Å².